The van der Waals surface area contributed by atoms with Gasteiger partial charge in [-0.3, -0.25) is 9.59 Å². The first-order chi connectivity index (χ1) is 9.24. The molecule has 5 heteroatoms. The van der Waals surface area contributed by atoms with Crippen molar-refractivity contribution in [3.05, 3.63) is 34.6 Å². The van der Waals surface area contributed by atoms with E-state index in [1.807, 2.05) is 19.9 Å². The highest BCUT2D eigenvalue weighted by Crippen LogP contribution is 2.41. The molecule has 5 nitrogen and oxygen atoms in total. The van der Waals surface area contributed by atoms with Gasteiger partial charge in [-0.15, -0.1) is 0 Å². The molecule has 1 aliphatic heterocycles. The van der Waals surface area contributed by atoms with E-state index in [4.69, 9.17) is 14.6 Å². The van der Waals surface area contributed by atoms with Crippen molar-refractivity contribution in [1.29, 1.82) is 0 Å². The quantitative estimate of drug-likeness (QED) is 0.784. The Hall–Kier alpha value is -2.04. The fourth-order valence-corrected chi connectivity index (χ4v) is 2.58. The maximum atomic E-state index is 11.3. The average molecular weight is 278 g/mol. The minimum Gasteiger partial charge on any atom is -0.492 e. The summed E-state index contributed by atoms with van der Waals surface area (Å²) in [6.45, 7) is 6.98. The Morgan fingerprint density at radius 1 is 1.45 bits per heavy atom. The van der Waals surface area contributed by atoms with Crippen molar-refractivity contribution in [3.8, 4) is 0 Å². The Labute approximate surface area is 117 Å². The van der Waals surface area contributed by atoms with Gasteiger partial charge in [-0.25, -0.2) is 0 Å². The first kappa shape index (κ1) is 14.4. The van der Waals surface area contributed by atoms with E-state index in [0.717, 1.165) is 11.1 Å². The van der Waals surface area contributed by atoms with Gasteiger partial charge in [0.1, 0.15) is 18.3 Å². The molecule has 1 heterocycles. The first-order valence-corrected chi connectivity index (χ1v) is 6.43. The predicted octanol–water partition coefficient (Wildman–Crippen LogP) is 2.20. The monoisotopic (exact) mass is 278 g/mol. The van der Waals surface area contributed by atoms with Crippen molar-refractivity contribution in [3.63, 3.8) is 0 Å². The first-order valence-electron chi connectivity index (χ1n) is 6.43. The van der Waals surface area contributed by atoms with Crippen molar-refractivity contribution in [2.45, 2.75) is 33.3 Å². The molecule has 1 aliphatic carbocycles. The van der Waals surface area contributed by atoms with Crippen LogP contribution in [0.2, 0.25) is 0 Å². The number of hydrogen-bond donors (Lipinski definition) is 1. The molecule has 0 spiro atoms. The largest absolute Gasteiger partial charge is 0.492 e. The number of allylic oxidation sites excluding steroid dienone is 2. The van der Waals surface area contributed by atoms with Gasteiger partial charge in [-0.05, 0) is 38.0 Å². The number of carboxylic acid groups (broad SMARTS) is 1. The Kier molecular flexibility index (Phi) is 3.46. The fourth-order valence-electron chi connectivity index (χ4n) is 2.58. The molecule has 0 fully saturated rings. The number of rotatable bonds is 2. The highest BCUT2D eigenvalue weighted by molar-refractivity contribution is 5.74. The van der Waals surface area contributed by atoms with Crippen LogP contribution in [0.3, 0.4) is 0 Å². The minimum atomic E-state index is -0.987. The molecule has 0 saturated carbocycles. The van der Waals surface area contributed by atoms with Gasteiger partial charge >= 0.3 is 11.9 Å². The lowest BCUT2D eigenvalue weighted by Crippen LogP contribution is -2.38. The molecule has 2 atom stereocenters. The van der Waals surface area contributed by atoms with E-state index in [1.54, 1.807) is 13.0 Å². The summed E-state index contributed by atoms with van der Waals surface area (Å²) < 4.78 is 11.0. The summed E-state index contributed by atoms with van der Waals surface area (Å²) in [5.74, 6) is -1.49. The van der Waals surface area contributed by atoms with E-state index in [2.05, 4.69) is 0 Å². The number of hydrogen-bond acceptors (Lipinski definition) is 4. The molecule has 0 aromatic rings. The number of fused-ring (bicyclic) bond motifs is 1. The summed E-state index contributed by atoms with van der Waals surface area (Å²) in [5.41, 5.74) is 1.51. The molecule has 108 valence electrons. The second-order valence-corrected chi connectivity index (χ2v) is 5.32. The Morgan fingerprint density at radius 2 is 2.10 bits per heavy atom. The van der Waals surface area contributed by atoms with Crippen LogP contribution in [-0.2, 0) is 19.1 Å². The van der Waals surface area contributed by atoms with Gasteiger partial charge in [-0.1, -0.05) is 6.08 Å². The summed E-state index contributed by atoms with van der Waals surface area (Å²) in [7, 11) is 0. The number of carbonyl (C=O) groups excluding carboxylic acids is 1. The van der Waals surface area contributed by atoms with Crippen LogP contribution in [0.25, 0.3) is 0 Å². The molecule has 1 N–H and O–H groups in total. The summed E-state index contributed by atoms with van der Waals surface area (Å²) >= 11 is 0. The molecular formula is C15H18O5. The minimum absolute atomic E-state index is 0.0922. The second-order valence-electron chi connectivity index (χ2n) is 5.32. The molecule has 2 unspecified atom stereocenters. The molecular weight excluding hydrogens is 260 g/mol. The van der Waals surface area contributed by atoms with Crippen molar-refractivity contribution in [1.82, 2.24) is 0 Å². The van der Waals surface area contributed by atoms with Crippen LogP contribution >= 0.6 is 0 Å². The Morgan fingerprint density at radius 3 is 2.65 bits per heavy atom. The molecule has 0 radical (unpaired) electrons. The van der Waals surface area contributed by atoms with E-state index in [1.165, 1.54) is 6.92 Å². The van der Waals surface area contributed by atoms with E-state index >= 15 is 0 Å². The highest BCUT2D eigenvalue weighted by Gasteiger charge is 2.41. The summed E-state index contributed by atoms with van der Waals surface area (Å²) in [5, 5.41) is 9.13. The SMILES string of the molecule is CC(=O)OC1(C)C=C(C)C(C)=C2OCC(C(=O)O)C=C21. The van der Waals surface area contributed by atoms with E-state index in [9.17, 15) is 9.59 Å². The maximum absolute atomic E-state index is 11.3. The number of ether oxygens (including phenoxy) is 2. The highest BCUT2D eigenvalue weighted by atomic mass is 16.6. The number of carbonyl (C=O) groups is 2. The fraction of sp³-hybridized carbons (Fsp3) is 0.467. The van der Waals surface area contributed by atoms with E-state index in [0.29, 0.717) is 11.3 Å². The van der Waals surface area contributed by atoms with Crippen molar-refractivity contribution in [2.75, 3.05) is 6.61 Å². The third-order valence-electron chi connectivity index (χ3n) is 3.65. The molecule has 2 rings (SSSR count). The third kappa shape index (κ3) is 2.35. The Bertz CT molecular complexity index is 567. The summed E-state index contributed by atoms with van der Waals surface area (Å²) in [6, 6.07) is 0. The van der Waals surface area contributed by atoms with Gasteiger partial charge in [-0.2, -0.15) is 0 Å². The molecule has 0 aromatic heterocycles. The molecule has 0 saturated heterocycles. The van der Waals surface area contributed by atoms with Crippen LogP contribution in [0.5, 0.6) is 0 Å². The average Bonchev–Trinajstić information content (AvgIpc) is 2.34. The predicted molar refractivity (Wildman–Crippen MR) is 71.8 cm³/mol. The smallest absolute Gasteiger partial charge is 0.313 e. The number of carboxylic acids is 1. The second kappa shape index (κ2) is 4.81. The van der Waals surface area contributed by atoms with Crippen LogP contribution in [0.15, 0.2) is 34.6 Å². The topological polar surface area (TPSA) is 72.8 Å². The molecule has 20 heavy (non-hydrogen) atoms. The third-order valence-corrected chi connectivity index (χ3v) is 3.65. The zero-order chi connectivity index (χ0) is 15.1. The molecule has 2 aliphatic rings. The maximum Gasteiger partial charge on any atom is 0.313 e. The van der Waals surface area contributed by atoms with Gasteiger partial charge in [0.05, 0.1) is 0 Å². The Balaban J connectivity index is 2.54. The molecule has 0 amide bonds. The number of aliphatic carboxylic acids is 1. The normalized spacial score (nSPS) is 28.9. The lowest BCUT2D eigenvalue weighted by atomic mass is 9.80. The van der Waals surface area contributed by atoms with Gasteiger partial charge in [0.25, 0.3) is 0 Å². The zero-order valence-electron chi connectivity index (χ0n) is 12.0. The standard InChI is InChI=1S/C15H18O5/c1-8-6-15(4,20-10(3)16)12-5-11(14(17)18)7-19-13(12)9(8)2/h5-6,11H,7H2,1-4H3,(H,17,18). The number of esters is 1. The lowest BCUT2D eigenvalue weighted by Gasteiger charge is -2.38. The summed E-state index contributed by atoms with van der Waals surface area (Å²) in [6.07, 6.45) is 3.45. The van der Waals surface area contributed by atoms with E-state index < -0.39 is 23.5 Å². The van der Waals surface area contributed by atoms with Crippen LogP contribution in [-0.4, -0.2) is 29.3 Å². The van der Waals surface area contributed by atoms with Crippen molar-refractivity contribution >= 4 is 11.9 Å². The van der Waals surface area contributed by atoms with Crippen LogP contribution in [0, 0.1) is 5.92 Å². The van der Waals surface area contributed by atoms with Crippen LogP contribution < -0.4 is 0 Å². The molecule has 0 aromatic carbocycles. The zero-order valence-corrected chi connectivity index (χ0v) is 12.0. The van der Waals surface area contributed by atoms with Gasteiger partial charge in [0.15, 0.2) is 5.60 Å². The van der Waals surface area contributed by atoms with Crippen molar-refractivity contribution < 1.29 is 24.2 Å². The van der Waals surface area contributed by atoms with Crippen molar-refractivity contribution in [2.24, 2.45) is 5.92 Å². The van der Waals surface area contributed by atoms with Crippen LogP contribution in [0.4, 0.5) is 0 Å². The lowest BCUT2D eigenvalue weighted by molar-refractivity contribution is -0.148. The van der Waals surface area contributed by atoms with Crippen LogP contribution in [0.1, 0.15) is 27.7 Å². The molecule has 0 bridgehead atoms. The summed E-state index contributed by atoms with van der Waals surface area (Å²) in [4.78, 5) is 22.5. The van der Waals surface area contributed by atoms with Gasteiger partial charge < -0.3 is 14.6 Å². The van der Waals surface area contributed by atoms with Gasteiger partial charge in [0.2, 0.25) is 0 Å². The van der Waals surface area contributed by atoms with E-state index in [-0.39, 0.29) is 6.61 Å². The van der Waals surface area contributed by atoms with Gasteiger partial charge in [0, 0.05) is 12.5 Å².